The molecule has 2 atom stereocenters. The molecule has 7 heteroatoms. The number of sulfonamides is 1. The largest absolute Gasteiger partial charge is 0.312 e. The molecule has 0 aliphatic carbocycles. The minimum Gasteiger partial charge on any atom is -0.312 e. The Morgan fingerprint density at radius 3 is 2.50 bits per heavy atom. The van der Waals surface area contributed by atoms with Gasteiger partial charge < -0.3 is 4.57 Å². The summed E-state index contributed by atoms with van der Waals surface area (Å²) in [5, 5.41) is 0. The van der Waals surface area contributed by atoms with Crippen molar-refractivity contribution >= 4 is 10.0 Å². The van der Waals surface area contributed by atoms with Gasteiger partial charge in [0.05, 0.1) is 4.90 Å². The fourth-order valence-corrected chi connectivity index (χ4v) is 5.37. The zero-order chi connectivity index (χ0) is 16.9. The van der Waals surface area contributed by atoms with E-state index in [1.165, 1.54) is 22.5 Å². The number of rotatable bonds is 2. The van der Waals surface area contributed by atoms with E-state index in [4.69, 9.17) is 0 Å². The first-order valence-electron chi connectivity index (χ1n) is 7.90. The maximum atomic E-state index is 13.1. The Bertz CT molecular complexity index is 937. The van der Waals surface area contributed by atoms with Crippen LogP contribution in [0, 0.1) is 11.7 Å². The minimum atomic E-state index is -3.65. The van der Waals surface area contributed by atoms with Crippen molar-refractivity contribution in [3.8, 4) is 0 Å². The molecule has 1 aromatic heterocycles. The molecule has 1 fully saturated rings. The summed E-state index contributed by atoms with van der Waals surface area (Å²) in [4.78, 5) is 12.1. The minimum absolute atomic E-state index is 0.0154. The average Bonchev–Trinajstić information content (AvgIpc) is 2.56. The summed E-state index contributed by atoms with van der Waals surface area (Å²) in [6.07, 6.45) is 0.888. The molecule has 24 heavy (non-hydrogen) atoms. The van der Waals surface area contributed by atoms with Crippen LogP contribution in [0.2, 0.25) is 0 Å². The third-order valence-electron chi connectivity index (χ3n) is 4.90. The van der Waals surface area contributed by atoms with Crippen molar-refractivity contribution in [2.45, 2.75) is 23.8 Å². The highest BCUT2D eigenvalue weighted by Crippen LogP contribution is 2.37. The van der Waals surface area contributed by atoms with Crippen molar-refractivity contribution in [2.24, 2.45) is 5.92 Å². The molecule has 0 N–H and O–H groups in total. The number of pyridine rings is 1. The maximum absolute atomic E-state index is 13.1. The van der Waals surface area contributed by atoms with Crippen LogP contribution < -0.4 is 5.56 Å². The third-order valence-corrected chi connectivity index (χ3v) is 6.74. The van der Waals surface area contributed by atoms with E-state index in [9.17, 15) is 17.6 Å². The molecule has 0 saturated carbocycles. The zero-order valence-corrected chi connectivity index (χ0v) is 13.7. The smallest absolute Gasteiger partial charge is 0.250 e. The highest BCUT2D eigenvalue weighted by Gasteiger charge is 2.39. The molecule has 5 nitrogen and oxygen atoms in total. The highest BCUT2D eigenvalue weighted by atomic mass is 32.2. The Morgan fingerprint density at radius 1 is 1.00 bits per heavy atom. The third kappa shape index (κ3) is 2.48. The van der Waals surface area contributed by atoms with Gasteiger partial charge in [-0.3, -0.25) is 4.79 Å². The summed E-state index contributed by atoms with van der Waals surface area (Å²) in [6, 6.07) is 10.1. The van der Waals surface area contributed by atoms with Crippen LogP contribution in [0.5, 0.6) is 0 Å². The zero-order valence-electron chi connectivity index (χ0n) is 12.9. The molecule has 0 unspecified atom stereocenters. The van der Waals surface area contributed by atoms with Gasteiger partial charge in [-0.05, 0) is 42.7 Å². The van der Waals surface area contributed by atoms with Gasteiger partial charge in [0.2, 0.25) is 10.0 Å². The Hall–Kier alpha value is -1.99. The van der Waals surface area contributed by atoms with Gasteiger partial charge in [-0.1, -0.05) is 6.07 Å². The molecular weight excluding hydrogens is 331 g/mol. The van der Waals surface area contributed by atoms with Gasteiger partial charge in [0.15, 0.2) is 0 Å². The molecule has 1 aromatic carbocycles. The summed E-state index contributed by atoms with van der Waals surface area (Å²) in [5.41, 5.74) is 0.870. The molecule has 126 valence electrons. The van der Waals surface area contributed by atoms with E-state index in [2.05, 4.69) is 0 Å². The van der Waals surface area contributed by atoms with Gasteiger partial charge in [-0.25, -0.2) is 12.8 Å². The van der Waals surface area contributed by atoms with Crippen molar-refractivity contribution < 1.29 is 12.8 Å². The van der Waals surface area contributed by atoms with Crippen LogP contribution in [0.3, 0.4) is 0 Å². The number of piperidine rings is 1. The van der Waals surface area contributed by atoms with Crippen LogP contribution in [0.1, 0.15) is 18.0 Å². The molecule has 2 aliphatic rings. The van der Waals surface area contributed by atoms with E-state index >= 15 is 0 Å². The van der Waals surface area contributed by atoms with Crippen LogP contribution in [-0.2, 0) is 16.6 Å². The van der Waals surface area contributed by atoms with Crippen LogP contribution in [-0.4, -0.2) is 30.4 Å². The lowest BCUT2D eigenvalue weighted by Crippen LogP contribution is -2.48. The van der Waals surface area contributed by atoms with Crippen LogP contribution in [0.4, 0.5) is 4.39 Å². The van der Waals surface area contributed by atoms with E-state index < -0.39 is 15.8 Å². The Kier molecular flexibility index (Phi) is 3.58. The molecule has 0 spiro atoms. The molecule has 3 heterocycles. The van der Waals surface area contributed by atoms with Crippen molar-refractivity contribution in [3.63, 3.8) is 0 Å². The number of nitrogens with zero attached hydrogens (tertiary/aromatic N) is 2. The van der Waals surface area contributed by atoms with Gasteiger partial charge >= 0.3 is 0 Å². The molecule has 2 aliphatic heterocycles. The molecule has 4 rings (SSSR count). The van der Waals surface area contributed by atoms with Crippen LogP contribution in [0.15, 0.2) is 52.2 Å². The fourth-order valence-electron chi connectivity index (χ4n) is 3.80. The Balaban J connectivity index is 1.69. The summed E-state index contributed by atoms with van der Waals surface area (Å²) in [5.74, 6) is -0.328. The van der Waals surface area contributed by atoms with Gasteiger partial charge in [0, 0.05) is 37.3 Å². The standard InChI is InChI=1S/C17H17FN2O3S/c18-14-4-6-15(7-5-14)24(22,23)19-9-12-8-13(11-19)16-2-1-3-17(21)20(16)10-12/h1-7,12-13H,8-11H2/t12-,13-/m1/s1. The van der Waals surface area contributed by atoms with Crippen molar-refractivity contribution in [1.82, 2.24) is 8.87 Å². The quantitative estimate of drug-likeness (QED) is 0.831. The van der Waals surface area contributed by atoms with Gasteiger partial charge in [0.1, 0.15) is 5.82 Å². The van der Waals surface area contributed by atoms with E-state index in [1.54, 1.807) is 10.6 Å². The number of hydrogen-bond acceptors (Lipinski definition) is 3. The molecule has 0 amide bonds. The number of aromatic nitrogens is 1. The second-order valence-corrected chi connectivity index (χ2v) is 8.41. The van der Waals surface area contributed by atoms with E-state index in [0.717, 1.165) is 24.2 Å². The number of fused-ring (bicyclic) bond motifs is 4. The van der Waals surface area contributed by atoms with E-state index in [1.807, 2.05) is 6.07 Å². The lowest BCUT2D eigenvalue weighted by atomic mass is 9.84. The molecule has 2 aromatic rings. The molecule has 0 radical (unpaired) electrons. The normalized spacial score (nSPS) is 23.7. The Labute approximate surface area is 139 Å². The predicted octanol–water partition coefficient (Wildman–Crippen LogP) is 1.80. The topological polar surface area (TPSA) is 59.4 Å². The maximum Gasteiger partial charge on any atom is 0.250 e. The first-order valence-corrected chi connectivity index (χ1v) is 9.34. The number of hydrogen-bond donors (Lipinski definition) is 0. The van der Waals surface area contributed by atoms with Gasteiger partial charge in [-0.2, -0.15) is 4.31 Å². The summed E-state index contributed by atoms with van der Waals surface area (Å²) in [7, 11) is -3.65. The lowest BCUT2D eigenvalue weighted by Gasteiger charge is -2.42. The first kappa shape index (κ1) is 15.5. The second-order valence-electron chi connectivity index (χ2n) is 6.47. The summed E-state index contributed by atoms with van der Waals surface area (Å²) >= 11 is 0. The van der Waals surface area contributed by atoms with Crippen LogP contribution >= 0.6 is 0 Å². The fraction of sp³-hybridized carbons (Fsp3) is 0.353. The lowest BCUT2D eigenvalue weighted by molar-refractivity contribution is 0.186. The Morgan fingerprint density at radius 2 is 1.75 bits per heavy atom. The van der Waals surface area contributed by atoms with Crippen LogP contribution in [0.25, 0.3) is 0 Å². The monoisotopic (exact) mass is 348 g/mol. The summed E-state index contributed by atoms with van der Waals surface area (Å²) in [6.45, 7) is 1.28. The van der Waals surface area contributed by atoms with Crippen molar-refractivity contribution in [1.29, 1.82) is 0 Å². The average molecular weight is 348 g/mol. The molecule has 2 bridgehead atoms. The van der Waals surface area contributed by atoms with Crippen molar-refractivity contribution in [3.05, 3.63) is 64.3 Å². The van der Waals surface area contributed by atoms with Gasteiger partial charge in [-0.15, -0.1) is 0 Å². The first-order chi connectivity index (χ1) is 11.4. The molecule has 1 saturated heterocycles. The van der Waals surface area contributed by atoms with E-state index in [0.29, 0.717) is 19.6 Å². The van der Waals surface area contributed by atoms with Gasteiger partial charge in [0.25, 0.3) is 5.56 Å². The SMILES string of the molecule is O=c1cccc2n1C[C@@H]1C[C@@H]2CN(S(=O)(=O)c2ccc(F)cc2)C1. The van der Waals surface area contributed by atoms with Crippen molar-refractivity contribution in [2.75, 3.05) is 13.1 Å². The summed E-state index contributed by atoms with van der Waals surface area (Å²) < 4.78 is 42.0. The predicted molar refractivity (Wildman–Crippen MR) is 86.7 cm³/mol. The van der Waals surface area contributed by atoms with E-state index in [-0.39, 0.29) is 22.3 Å². The number of halogens is 1. The molecular formula is C17H17FN2O3S. The highest BCUT2D eigenvalue weighted by molar-refractivity contribution is 7.89. The number of benzene rings is 1. The second kappa shape index (κ2) is 5.53.